The van der Waals surface area contributed by atoms with Crippen LogP contribution in [0.2, 0.25) is 0 Å². The van der Waals surface area contributed by atoms with Crippen molar-refractivity contribution in [3.05, 3.63) is 0 Å². The van der Waals surface area contributed by atoms with Crippen LogP contribution < -0.4 is 5.32 Å². The van der Waals surface area contributed by atoms with Gasteiger partial charge in [0.25, 0.3) is 0 Å². The van der Waals surface area contributed by atoms with Gasteiger partial charge in [0, 0.05) is 38.3 Å². The van der Waals surface area contributed by atoms with E-state index in [4.69, 9.17) is 0 Å². The largest absolute Gasteiger partial charge is 0.316 e. The summed E-state index contributed by atoms with van der Waals surface area (Å²) in [6, 6.07) is 1.31. The van der Waals surface area contributed by atoms with Crippen LogP contribution in [-0.2, 0) is 0 Å². The number of piperazine rings is 1. The lowest BCUT2D eigenvalue weighted by Gasteiger charge is -2.38. The highest BCUT2D eigenvalue weighted by atomic mass is 15.3. The molecule has 1 fully saturated rings. The predicted molar refractivity (Wildman–Crippen MR) is 80.1 cm³/mol. The quantitative estimate of drug-likeness (QED) is 0.811. The molecule has 1 heterocycles. The summed E-state index contributed by atoms with van der Waals surface area (Å²) >= 11 is 0. The Morgan fingerprint density at radius 2 is 1.61 bits per heavy atom. The minimum absolute atomic E-state index is 0.356. The van der Waals surface area contributed by atoms with Gasteiger partial charge in [-0.25, -0.2) is 0 Å². The van der Waals surface area contributed by atoms with Gasteiger partial charge in [-0.2, -0.15) is 0 Å². The zero-order chi connectivity index (χ0) is 13.8. The highest BCUT2D eigenvalue weighted by Gasteiger charge is 2.24. The Bertz CT molecular complexity index is 224. The first kappa shape index (κ1) is 15.9. The average molecular weight is 255 g/mol. The second kappa shape index (κ2) is 6.88. The van der Waals surface area contributed by atoms with Crippen LogP contribution in [0, 0.1) is 5.41 Å². The van der Waals surface area contributed by atoms with Gasteiger partial charge >= 0.3 is 0 Å². The summed E-state index contributed by atoms with van der Waals surface area (Å²) in [6.45, 7) is 17.7. The highest BCUT2D eigenvalue weighted by molar-refractivity contribution is 4.81. The molecule has 1 N–H and O–H groups in total. The first-order chi connectivity index (χ1) is 8.34. The third kappa shape index (κ3) is 4.87. The molecule has 0 amide bonds. The zero-order valence-corrected chi connectivity index (χ0v) is 13.3. The number of rotatable bonds is 5. The lowest BCUT2D eigenvalue weighted by atomic mass is 9.85. The molecule has 1 aliphatic rings. The van der Waals surface area contributed by atoms with E-state index in [1.807, 2.05) is 0 Å². The Kier molecular flexibility index (Phi) is 6.09. The Balaban J connectivity index is 2.29. The van der Waals surface area contributed by atoms with Gasteiger partial charge in [0.05, 0.1) is 0 Å². The molecule has 1 aliphatic heterocycles. The smallest absolute Gasteiger partial charge is 0.0125 e. The number of hydrogen-bond donors (Lipinski definition) is 1. The van der Waals surface area contributed by atoms with Crippen molar-refractivity contribution >= 4 is 0 Å². The van der Waals surface area contributed by atoms with E-state index in [0.717, 1.165) is 0 Å². The van der Waals surface area contributed by atoms with Crippen LogP contribution in [0.25, 0.3) is 0 Å². The molecule has 3 nitrogen and oxygen atoms in total. The zero-order valence-electron chi connectivity index (χ0n) is 13.3. The summed E-state index contributed by atoms with van der Waals surface area (Å²) in [5, 5.41) is 3.47. The van der Waals surface area contributed by atoms with E-state index in [2.05, 4.69) is 56.8 Å². The van der Waals surface area contributed by atoms with Crippen molar-refractivity contribution in [2.45, 2.75) is 53.1 Å². The lowest BCUT2D eigenvalue weighted by molar-refractivity contribution is 0.101. The molecule has 1 unspecified atom stereocenters. The van der Waals surface area contributed by atoms with Crippen molar-refractivity contribution in [3.8, 4) is 0 Å². The summed E-state index contributed by atoms with van der Waals surface area (Å²) < 4.78 is 0. The van der Waals surface area contributed by atoms with Gasteiger partial charge in [-0.1, -0.05) is 20.8 Å². The van der Waals surface area contributed by atoms with Crippen LogP contribution in [0.1, 0.15) is 41.0 Å². The van der Waals surface area contributed by atoms with Gasteiger partial charge in [-0.3, -0.25) is 4.90 Å². The van der Waals surface area contributed by atoms with Gasteiger partial charge in [0.2, 0.25) is 0 Å². The fourth-order valence-electron chi connectivity index (χ4n) is 2.83. The summed E-state index contributed by atoms with van der Waals surface area (Å²) in [5.41, 5.74) is 0.356. The normalized spacial score (nSPS) is 21.5. The van der Waals surface area contributed by atoms with E-state index < -0.39 is 0 Å². The monoisotopic (exact) mass is 255 g/mol. The summed E-state index contributed by atoms with van der Waals surface area (Å²) in [4.78, 5) is 5.20. The van der Waals surface area contributed by atoms with E-state index in [-0.39, 0.29) is 0 Å². The average Bonchev–Trinajstić information content (AvgIpc) is 2.28. The number of nitrogens with one attached hydrogen (secondary N) is 1. The van der Waals surface area contributed by atoms with Crippen molar-refractivity contribution in [2.24, 2.45) is 5.41 Å². The highest BCUT2D eigenvalue weighted by Crippen LogP contribution is 2.21. The molecular formula is C15H33N3. The molecule has 0 spiro atoms. The summed E-state index contributed by atoms with van der Waals surface area (Å²) in [7, 11) is 2.09. The molecule has 18 heavy (non-hydrogen) atoms. The number of nitrogens with zero attached hydrogens (tertiary/aromatic N) is 2. The molecule has 0 aromatic heterocycles. The standard InChI is InChI=1S/C15H33N3/c1-13(2)18-11-9-17(10-12-18)8-7-14(16-6)15(3,4)5/h13-14,16H,7-12H2,1-6H3. The Labute approximate surface area is 114 Å². The topological polar surface area (TPSA) is 18.5 Å². The Morgan fingerprint density at radius 1 is 1.06 bits per heavy atom. The molecule has 1 rings (SSSR count). The van der Waals surface area contributed by atoms with Crippen LogP contribution >= 0.6 is 0 Å². The summed E-state index contributed by atoms with van der Waals surface area (Å²) in [5.74, 6) is 0. The van der Waals surface area contributed by atoms with Gasteiger partial charge < -0.3 is 10.2 Å². The molecule has 1 saturated heterocycles. The minimum atomic E-state index is 0.356. The van der Waals surface area contributed by atoms with Crippen LogP contribution in [0.4, 0.5) is 0 Å². The van der Waals surface area contributed by atoms with Gasteiger partial charge in [-0.05, 0) is 39.3 Å². The fraction of sp³-hybridized carbons (Fsp3) is 1.00. The molecule has 1 atom stereocenters. The molecule has 0 radical (unpaired) electrons. The maximum atomic E-state index is 3.47. The minimum Gasteiger partial charge on any atom is -0.316 e. The lowest BCUT2D eigenvalue weighted by Crippen LogP contribution is -2.50. The van der Waals surface area contributed by atoms with Crippen molar-refractivity contribution in [1.29, 1.82) is 0 Å². The maximum absolute atomic E-state index is 3.47. The van der Waals surface area contributed by atoms with Crippen LogP contribution in [-0.4, -0.2) is 61.7 Å². The molecule has 3 heteroatoms. The fourth-order valence-corrected chi connectivity index (χ4v) is 2.83. The van der Waals surface area contributed by atoms with Gasteiger partial charge in [0.15, 0.2) is 0 Å². The summed E-state index contributed by atoms with van der Waals surface area (Å²) in [6.07, 6.45) is 1.25. The SMILES string of the molecule is CNC(CCN1CCN(C(C)C)CC1)C(C)(C)C. The second-order valence-electron chi connectivity index (χ2n) is 6.97. The Morgan fingerprint density at radius 3 is 2.00 bits per heavy atom. The first-order valence-corrected chi connectivity index (χ1v) is 7.48. The van der Waals surface area contributed by atoms with E-state index in [0.29, 0.717) is 17.5 Å². The van der Waals surface area contributed by atoms with Gasteiger partial charge in [-0.15, -0.1) is 0 Å². The second-order valence-corrected chi connectivity index (χ2v) is 6.97. The molecule has 0 aromatic carbocycles. The first-order valence-electron chi connectivity index (χ1n) is 7.48. The maximum Gasteiger partial charge on any atom is 0.0125 e. The van der Waals surface area contributed by atoms with Crippen molar-refractivity contribution < 1.29 is 0 Å². The van der Waals surface area contributed by atoms with Gasteiger partial charge in [0.1, 0.15) is 0 Å². The van der Waals surface area contributed by atoms with E-state index in [9.17, 15) is 0 Å². The van der Waals surface area contributed by atoms with E-state index >= 15 is 0 Å². The van der Waals surface area contributed by atoms with Crippen LogP contribution in [0.5, 0.6) is 0 Å². The van der Waals surface area contributed by atoms with Crippen molar-refractivity contribution in [3.63, 3.8) is 0 Å². The molecule has 0 aromatic rings. The Hall–Kier alpha value is -0.120. The van der Waals surface area contributed by atoms with Crippen LogP contribution in [0.3, 0.4) is 0 Å². The predicted octanol–water partition coefficient (Wildman–Crippen LogP) is 2.04. The molecule has 0 aliphatic carbocycles. The third-order valence-corrected chi connectivity index (χ3v) is 4.27. The van der Waals surface area contributed by atoms with Crippen LogP contribution in [0.15, 0.2) is 0 Å². The van der Waals surface area contributed by atoms with E-state index in [1.54, 1.807) is 0 Å². The molecule has 0 saturated carbocycles. The molecule has 108 valence electrons. The molecular weight excluding hydrogens is 222 g/mol. The third-order valence-electron chi connectivity index (χ3n) is 4.27. The number of hydrogen-bond acceptors (Lipinski definition) is 3. The van der Waals surface area contributed by atoms with Crippen molar-refractivity contribution in [1.82, 2.24) is 15.1 Å². The van der Waals surface area contributed by atoms with Crippen molar-refractivity contribution in [2.75, 3.05) is 39.8 Å². The van der Waals surface area contributed by atoms with E-state index in [1.165, 1.54) is 39.1 Å². The molecule has 0 bridgehead atoms.